The highest BCUT2D eigenvalue weighted by molar-refractivity contribution is 6.39. The molecule has 3 nitrogen and oxygen atoms in total. The average Bonchev–Trinajstić information content (AvgIpc) is 2.30. The summed E-state index contributed by atoms with van der Waals surface area (Å²) in [6, 6.07) is 5.18. The zero-order valence-electron chi connectivity index (χ0n) is 9.24. The van der Waals surface area contributed by atoms with Crippen LogP contribution < -0.4 is 5.46 Å². The molecule has 0 amide bonds. The van der Waals surface area contributed by atoms with Crippen molar-refractivity contribution in [1.29, 1.82) is 0 Å². The number of halogens is 1. The molecule has 0 fully saturated rings. The van der Waals surface area contributed by atoms with Gasteiger partial charge in [-0.05, 0) is 13.0 Å². The number of fused-ring (bicyclic) bond motifs is 1. The lowest BCUT2D eigenvalue weighted by molar-refractivity contribution is 0.0526. The first-order valence-corrected chi connectivity index (χ1v) is 5.52. The molecule has 2 aromatic rings. The number of aromatic nitrogens is 1. The van der Waals surface area contributed by atoms with E-state index in [1.165, 1.54) is 6.20 Å². The van der Waals surface area contributed by atoms with Gasteiger partial charge in [0.2, 0.25) is 0 Å². The number of hydrogen-bond acceptors (Lipinski definition) is 3. The third kappa shape index (κ3) is 2.27. The number of rotatable bonds is 2. The Balaban J connectivity index is 2.60. The van der Waals surface area contributed by atoms with E-state index in [0.717, 1.165) is 0 Å². The van der Waals surface area contributed by atoms with Crippen LogP contribution in [0.1, 0.15) is 17.3 Å². The van der Waals surface area contributed by atoms with Crippen molar-refractivity contribution in [1.82, 2.24) is 4.98 Å². The summed E-state index contributed by atoms with van der Waals surface area (Å²) < 4.78 is 4.89. The molecule has 0 unspecified atom stereocenters. The van der Waals surface area contributed by atoms with Crippen molar-refractivity contribution in [3.63, 3.8) is 0 Å². The third-order valence-corrected chi connectivity index (χ3v) is 2.73. The molecule has 0 atom stereocenters. The fraction of sp³-hybridized carbons (Fsp3) is 0.167. The van der Waals surface area contributed by atoms with E-state index >= 15 is 0 Å². The zero-order valence-corrected chi connectivity index (χ0v) is 9.99. The SMILES string of the molecule is [B]c1ccc2ncc(C(=O)OCC)c(Cl)c2c1. The smallest absolute Gasteiger partial charge is 0.341 e. The predicted molar refractivity (Wildman–Crippen MR) is 68.1 cm³/mol. The van der Waals surface area contributed by atoms with Crippen LogP contribution in [0.25, 0.3) is 10.9 Å². The fourth-order valence-electron chi connectivity index (χ4n) is 1.53. The van der Waals surface area contributed by atoms with E-state index in [0.29, 0.717) is 28.0 Å². The molecule has 1 aromatic carbocycles. The maximum absolute atomic E-state index is 11.6. The maximum atomic E-state index is 11.6. The van der Waals surface area contributed by atoms with Crippen molar-refractivity contribution in [2.24, 2.45) is 0 Å². The Morgan fingerprint density at radius 2 is 2.29 bits per heavy atom. The quantitative estimate of drug-likeness (QED) is 0.599. The number of benzene rings is 1. The first-order valence-electron chi connectivity index (χ1n) is 5.14. The molecule has 1 heterocycles. The Morgan fingerprint density at radius 3 is 3.00 bits per heavy atom. The van der Waals surface area contributed by atoms with Gasteiger partial charge in [-0.25, -0.2) is 4.79 Å². The molecular weight excluding hydrogens is 236 g/mol. The highest BCUT2D eigenvalue weighted by Gasteiger charge is 2.14. The maximum Gasteiger partial charge on any atom is 0.341 e. The van der Waals surface area contributed by atoms with Gasteiger partial charge < -0.3 is 4.74 Å². The van der Waals surface area contributed by atoms with Crippen LogP contribution in [0.5, 0.6) is 0 Å². The average molecular weight is 245 g/mol. The molecule has 1 aromatic heterocycles. The first kappa shape index (κ1) is 11.9. The van der Waals surface area contributed by atoms with Crippen LogP contribution in [0.4, 0.5) is 0 Å². The molecule has 2 rings (SSSR count). The zero-order chi connectivity index (χ0) is 12.4. The monoisotopic (exact) mass is 245 g/mol. The Hall–Kier alpha value is -1.55. The number of carbonyl (C=O) groups excluding carboxylic acids is 1. The van der Waals surface area contributed by atoms with Gasteiger partial charge in [-0.15, -0.1) is 0 Å². The van der Waals surface area contributed by atoms with Gasteiger partial charge in [0.05, 0.1) is 22.7 Å². The summed E-state index contributed by atoms with van der Waals surface area (Å²) in [5.41, 5.74) is 1.52. The van der Waals surface area contributed by atoms with Crippen molar-refractivity contribution in [2.75, 3.05) is 6.61 Å². The second-order valence-electron chi connectivity index (χ2n) is 3.48. The second-order valence-corrected chi connectivity index (χ2v) is 3.86. The molecule has 0 saturated heterocycles. The highest BCUT2D eigenvalue weighted by Crippen LogP contribution is 2.25. The van der Waals surface area contributed by atoms with E-state index in [1.54, 1.807) is 25.1 Å². The van der Waals surface area contributed by atoms with Crippen molar-refractivity contribution >= 4 is 41.8 Å². The number of hydrogen-bond donors (Lipinski definition) is 0. The molecule has 17 heavy (non-hydrogen) atoms. The number of esters is 1. The Kier molecular flexibility index (Phi) is 3.34. The summed E-state index contributed by atoms with van der Waals surface area (Å²) in [5.74, 6) is -0.477. The molecule has 5 heteroatoms. The van der Waals surface area contributed by atoms with Crippen molar-refractivity contribution in [3.05, 3.63) is 35.0 Å². The van der Waals surface area contributed by atoms with Gasteiger partial charge in [-0.1, -0.05) is 29.2 Å². The minimum Gasteiger partial charge on any atom is -0.462 e. The Morgan fingerprint density at radius 1 is 1.53 bits per heavy atom. The van der Waals surface area contributed by atoms with Gasteiger partial charge in [-0.3, -0.25) is 4.98 Å². The molecule has 0 bridgehead atoms. The number of nitrogens with zero attached hydrogens (tertiary/aromatic N) is 1. The lowest BCUT2D eigenvalue weighted by Gasteiger charge is -2.07. The van der Waals surface area contributed by atoms with Gasteiger partial charge in [0.25, 0.3) is 0 Å². The summed E-state index contributed by atoms with van der Waals surface area (Å²) in [4.78, 5) is 15.8. The second kappa shape index (κ2) is 4.76. The summed E-state index contributed by atoms with van der Waals surface area (Å²) in [5, 5.41) is 0.970. The number of ether oxygens (including phenoxy) is 1. The number of carbonyl (C=O) groups is 1. The number of pyridine rings is 1. The topological polar surface area (TPSA) is 39.2 Å². The predicted octanol–water partition coefficient (Wildman–Crippen LogP) is 1.86. The molecule has 0 aliphatic rings. The summed E-state index contributed by atoms with van der Waals surface area (Å²) in [6.45, 7) is 2.03. The van der Waals surface area contributed by atoms with Crippen LogP contribution in [-0.2, 0) is 4.74 Å². The highest BCUT2D eigenvalue weighted by atomic mass is 35.5. The fourth-order valence-corrected chi connectivity index (χ4v) is 1.81. The van der Waals surface area contributed by atoms with Gasteiger partial charge in [-0.2, -0.15) is 0 Å². The molecule has 0 saturated carbocycles. The molecule has 84 valence electrons. The molecule has 0 aliphatic heterocycles. The van der Waals surface area contributed by atoms with E-state index in [-0.39, 0.29) is 5.56 Å². The van der Waals surface area contributed by atoms with Gasteiger partial charge in [0.15, 0.2) is 0 Å². The Bertz CT molecular complexity index is 586. The van der Waals surface area contributed by atoms with E-state index in [4.69, 9.17) is 24.2 Å². The van der Waals surface area contributed by atoms with Crippen molar-refractivity contribution < 1.29 is 9.53 Å². The van der Waals surface area contributed by atoms with E-state index < -0.39 is 5.97 Å². The minimum atomic E-state index is -0.477. The van der Waals surface area contributed by atoms with Gasteiger partial charge in [0, 0.05) is 11.6 Å². The summed E-state index contributed by atoms with van der Waals surface area (Å²) in [6.07, 6.45) is 1.42. The summed E-state index contributed by atoms with van der Waals surface area (Å²) >= 11 is 6.15. The first-order chi connectivity index (χ1) is 8.13. The Labute approximate surface area is 105 Å². The van der Waals surface area contributed by atoms with Crippen LogP contribution in [-0.4, -0.2) is 25.4 Å². The van der Waals surface area contributed by atoms with E-state index in [2.05, 4.69) is 4.98 Å². The van der Waals surface area contributed by atoms with E-state index in [9.17, 15) is 4.79 Å². The molecule has 0 N–H and O–H groups in total. The lowest BCUT2D eigenvalue weighted by atomic mass is 9.94. The van der Waals surface area contributed by atoms with E-state index in [1.807, 2.05) is 0 Å². The third-order valence-electron chi connectivity index (χ3n) is 2.32. The molecule has 0 aliphatic carbocycles. The largest absolute Gasteiger partial charge is 0.462 e. The van der Waals surface area contributed by atoms with Crippen molar-refractivity contribution in [3.8, 4) is 0 Å². The van der Waals surface area contributed by atoms with Crippen LogP contribution >= 0.6 is 11.6 Å². The van der Waals surface area contributed by atoms with Crippen LogP contribution in [0.2, 0.25) is 5.02 Å². The molecular formula is C12H9BClNO2. The minimum absolute atomic E-state index is 0.256. The van der Waals surface area contributed by atoms with Gasteiger partial charge >= 0.3 is 5.97 Å². The van der Waals surface area contributed by atoms with Gasteiger partial charge in [0.1, 0.15) is 7.85 Å². The molecule has 2 radical (unpaired) electrons. The van der Waals surface area contributed by atoms with Crippen molar-refractivity contribution in [2.45, 2.75) is 6.92 Å². The van der Waals surface area contributed by atoms with Crippen LogP contribution in [0.3, 0.4) is 0 Å². The standard InChI is InChI=1S/C12H9BClNO2/c1-2-17-12(16)9-6-15-10-4-3-7(13)5-8(10)11(9)14/h3-6H,2H2,1H3. The van der Waals surface area contributed by atoms with Crippen LogP contribution in [0.15, 0.2) is 24.4 Å². The normalized spacial score (nSPS) is 10.5. The summed E-state index contributed by atoms with van der Waals surface area (Å²) in [7, 11) is 5.68. The molecule has 0 spiro atoms. The lowest BCUT2D eigenvalue weighted by Crippen LogP contribution is -2.07. The van der Waals surface area contributed by atoms with Crippen LogP contribution in [0, 0.1) is 0 Å².